The summed E-state index contributed by atoms with van der Waals surface area (Å²) in [5.74, 6) is -2.03. The van der Waals surface area contributed by atoms with Crippen LogP contribution in [0.4, 0.5) is 0 Å². The highest BCUT2D eigenvalue weighted by atomic mass is 16.4. The van der Waals surface area contributed by atoms with Crippen molar-refractivity contribution in [2.75, 3.05) is 0 Å². The first-order valence-corrected chi connectivity index (χ1v) is 13.2. The summed E-state index contributed by atoms with van der Waals surface area (Å²) in [6.45, 7) is 3.14. The lowest BCUT2D eigenvalue weighted by Crippen LogP contribution is -2.22. The van der Waals surface area contributed by atoms with Crippen LogP contribution in [0.15, 0.2) is 58.2 Å². The van der Waals surface area contributed by atoms with Gasteiger partial charge in [-0.25, -0.2) is 9.97 Å². The minimum Gasteiger partial charge on any atom is -0.480 e. The number of carboxylic acid groups (broad SMARTS) is 2. The molecule has 0 spiro atoms. The highest BCUT2D eigenvalue weighted by molar-refractivity contribution is 6.27. The summed E-state index contributed by atoms with van der Waals surface area (Å²) in [5.41, 5.74) is -0.418. The number of imidazole rings is 2. The van der Waals surface area contributed by atoms with Crippen LogP contribution in [0, 0.1) is 10.8 Å². The predicted octanol–water partition coefficient (Wildman–Crippen LogP) is 4.30. The lowest BCUT2D eigenvalue weighted by atomic mass is 9.90. The molecular weight excluding hydrogens is 536 g/mol. The summed E-state index contributed by atoms with van der Waals surface area (Å²) in [6, 6.07) is 6.99. The largest absolute Gasteiger partial charge is 0.480 e. The Morgan fingerprint density at radius 3 is 1.36 bits per heavy atom. The van der Waals surface area contributed by atoms with Gasteiger partial charge in [-0.3, -0.25) is 28.0 Å². The van der Waals surface area contributed by atoms with Crippen molar-refractivity contribution in [3.8, 4) is 0 Å². The maximum Gasteiger partial charge on any atom is 0.317 e. The molecule has 2 unspecified atom stereocenters. The van der Waals surface area contributed by atoms with E-state index in [0.29, 0.717) is 66.4 Å². The SMILES string of the molecule is CC1(C(=O)O)C=Cc2nc3c4ccc5c6c(ccc(c(=O)n3c2C=C1)c46)c(=O)n1c2c(nc51)C=CC(C)(C(=O)O)C=C2. The van der Waals surface area contributed by atoms with Gasteiger partial charge in [0.25, 0.3) is 11.1 Å². The van der Waals surface area contributed by atoms with Gasteiger partial charge in [-0.05, 0) is 62.4 Å². The molecule has 2 aliphatic carbocycles. The molecule has 0 aliphatic heterocycles. The first-order chi connectivity index (χ1) is 20.0. The maximum absolute atomic E-state index is 14.0. The lowest BCUT2D eigenvalue weighted by molar-refractivity contribution is -0.143. The quantitative estimate of drug-likeness (QED) is 0.301. The van der Waals surface area contributed by atoms with Crippen LogP contribution >= 0.6 is 0 Å². The summed E-state index contributed by atoms with van der Waals surface area (Å²) in [6.07, 6.45) is 12.7. The topological polar surface area (TPSA) is 143 Å². The normalized spacial score (nSPS) is 21.5. The Labute approximate surface area is 235 Å². The Hall–Kier alpha value is -5.64. The van der Waals surface area contributed by atoms with Crippen LogP contribution in [-0.2, 0) is 9.59 Å². The molecule has 0 amide bonds. The van der Waals surface area contributed by atoms with Crippen molar-refractivity contribution in [3.63, 3.8) is 0 Å². The first-order valence-electron chi connectivity index (χ1n) is 13.2. The van der Waals surface area contributed by atoms with E-state index >= 15 is 0 Å². The molecule has 6 aromatic rings. The van der Waals surface area contributed by atoms with Crippen molar-refractivity contribution in [1.29, 1.82) is 0 Å². The van der Waals surface area contributed by atoms with Gasteiger partial charge in [0, 0.05) is 32.3 Å². The van der Waals surface area contributed by atoms with E-state index in [4.69, 9.17) is 9.97 Å². The Morgan fingerprint density at radius 2 is 0.976 bits per heavy atom. The van der Waals surface area contributed by atoms with E-state index in [0.717, 1.165) is 0 Å². The van der Waals surface area contributed by atoms with Gasteiger partial charge in [0.05, 0.1) is 22.8 Å². The second-order valence-electron chi connectivity index (χ2n) is 11.3. The van der Waals surface area contributed by atoms with Gasteiger partial charge in [-0.2, -0.15) is 0 Å². The number of rotatable bonds is 2. The number of nitrogens with zero attached hydrogens (tertiary/aromatic N) is 4. The molecule has 2 aromatic carbocycles. The second-order valence-corrected chi connectivity index (χ2v) is 11.3. The van der Waals surface area contributed by atoms with Crippen molar-refractivity contribution in [2.45, 2.75) is 13.8 Å². The van der Waals surface area contributed by atoms with E-state index in [1.807, 2.05) is 12.1 Å². The zero-order valence-electron chi connectivity index (χ0n) is 22.2. The Kier molecular flexibility index (Phi) is 4.35. The van der Waals surface area contributed by atoms with E-state index < -0.39 is 22.8 Å². The number of pyridine rings is 2. The molecule has 204 valence electrons. The van der Waals surface area contributed by atoms with E-state index in [1.165, 1.54) is 8.80 Å². The van der Waals surface area contributed by atoms with E-state index in [-0.39, 0.29) is 11.1 Å². The molecule has 42 heavy (non-hydrogen) atoms. The van der Waals surface area contributed by atoms with Gasteiger partial charge in [-0.1, -0.05) is 24.3 Å². The predicted molar refractivity (Wildman–Crippen MR) is 159 cm³/mol. The van der Waals surface area contributed by atoms with Crippen LogP contribution in [-0.4, -0.2) is 40.9 Å². The third-order valence-electron chi connectivity index (χ3n) is 8.66. The number of aromatic nitrogens is 4. The third kappa shape index (κ3) is 2.82. The van der Waals surface area contributed by atoms with E-state index in [9.17, 15) is 29.4 Å². The van der Waals surface area contributed by atoms with Crippen LogP contribution in [0.2, 0.25) is 0 Å². The Morgan fingerprint density at radius 1 is 0.619 bits per heavy atom. The molecule has 8 rings (SSSR count). The highest BCUT2D eigenvalue weighted by Gasteiger charge is 2.32. The molecule has 0 bridgehead atoms. The Bertz CT molecular complexity index is 2320. The summed E-state index contributed by atoms with van der Waals surface area (Å²) < 4.78 is 2.98. The molecule has 2 atom stereocenters. The summed E-state index contributed by atoms with van der Waals surface area (Å²) in [5, 5.41) is 22.7. The molecule has 0 radical (unpaired) electrons. The maximum atomic E-state index is 14.0. The lowest BCUT2D eigenvalue weighted by Gasteiger charge is -2.14. The molecule has 10 heteroatoms. The van der Waals surface area contributed by atoms with Gasteiger partial charge in [-0.15, -0.1) is 0 Å². The van der Waals surface area contributed by atoms with Crippen molar-refractivity contribution < 1.29 is 19.8 Å². The van der Waals surface area contributed by atoms with Gasteiger partial charge < -0.3 is 10.2 Å². The standard InChI is InChI=1S/C32H20N4O6/c1-31(29(39)40)11-7-19-21(9-13-31)35-25(33-19)15-3-4-16-24-18(6-5-17(23(15)24)27(35)37)28(38)36-22-10-14-32(2,30(41)42)12-8-20(22)34-26(16)36/h3-14H,1-2H3,(H,39,40)(H,41,42). The van der Waals surface area contributed by atoms with Crippen LogP contribution < -0.4 is 11.1 Å². The fraction of sp³-hybridized carbons (Fsp3) is 0.125. The van der Waals surface area contributed by atoms with Crippen LogP contribution in [0.3, 0.4) is 0 Å². The summed E-state index contributed by atoms with van der Waals surface area (Å²) >= 11 is 0. The number of carbonyl (C=O) groups is 2. The number of aliphatic carboxylic acids is 2. The smallest absolute Gasteiger partial charge is 0.317 e. The van der Waals surface area contributed by atoms with Crippen LogP contribution in [0.25, 0.3) is 67.9 Å². The van der Waals surface area contributed by atoms with Crippen LogP contribution in [0.1, 0.15) is 36.6 Å². The minimum absolute atomic E-state index is 0.331. The molecule has 2 aliphatic rings. The third-order valence-corrected chi connectivity index (χ3v) is 8.66. The fourth-order valence-corrected chi connectivity index (χ4v) is 6.11. The number of benzene rings is 2. The molecule has 10 nitrogen and oxygen atoms in total. The summed E-state index contributed by atoms with van der Waals surface area (Å²) in [4.78, 5) is 61.1. The van der Waals surface area contributed by atoms with Gasteiger partial charge in [0.2, 0.25) is 0 Å². The van der Waals surface area contributed by atoms with Crippen molar-refractivity contribution in [1.82, 2.24) is 18.8 Å². The van der Waals surface area contributed by atoms with Crippen LogP contribution in [0.5, 0.6) is 0 Å². The van der Waals surface area contributed by atoms with E-state index in [1.54, 1.807) is 74.6 Å². The van der Waals surface area contributed by atoms with Gasteiger partial charge in [0.1, 0.15) is 22.1 Å². The molecular formula is C32H20N4O6. The van der Waals surface area contributed by atoms with Gasteiger partial charge >= 0.3 is 11.9 Å². The number of carboxylic acids is 2. The molecule has 0 fully saturated rings. The average molecular weight is 557 g/mol. The average Bonchev–Trinajstić information content (AvgIpc) is 3.41. The second kappa shape index (κ2) is 7.55. The van der Waals surface area contributed by atoms with Gasteiger partial charge in [0.15, 0.2) is 0 Å². The highest BCUT2D eigenvalue weighted by Crippen LogP contribution is 2.38. The number of hydrogen-bond acceptors (Lipinski definition) is 6. The molecule has 0 saturated carbocycles. The fourth-order valence-electron chi connectivity index (χ4n) is 6.11. The van der Waals surface area contributed by atoms with Crippen molar-refractivity contribution >= 4 is 79.9 Å². The zero-order valence-corrected chi connectivity index (χ0v) is 22.2. The molecule has 4 heterocycles. The summed E-state index contributed by atoms with van der Waals surface area (Å²) in [7, 11) is 0. The van der Waals surface area contributed by atoms with E-state index in [2.05, 4.69) is 0 Å². The zero-order chi connectivity index (χ0) is 29.3. The van der Waals surface area contributed by atoms with Crippen molar-refractivity contribution in [3.05, 3.63) is 92.1 Å². The monoisotopic (exact) mass is 556 g/mol. The Balaban J connectivity index is 1.47. The molecule has 4 aromatic heterocycles. The minimum atomic E-state index is -1.24. The number of hydrogen-bond donors (Lipinski definition) is 2. The van der Waals surface area contributed by atoms with Crippen molar-refractivity contribution in [2.24, 2.45) is 10.8 Å². The molecule has 0 saturated heterocycles. The molecule has 2 N–H and O–H groups in total. The first kappa shape index (κ1) is 24.2. The number of fused-ring (bicyclic) bond motifs is 8.